The van der Waals surface area contributed by atoms with Gasteiger partial charge < -0.3 is 25.4 Å². The normalized spacial score (nSPS) is 41.3. The molecular weight excluding hydrogens is 518 g/mol. The van der Waals surface area contributed by atoms with Crippen LogP contribution in [0.2, 0.25) is 0 Å². The number of ether oxygens (including phenoxy) is 1. The number of fused-ring (bicyclic) bond motifs is 5. The highest BCUT2D eigenvalue weighted by Gasteiger charge is 2.65. The first-order chi connectivity index (χ1) is 19.5. The minimum Gasteiger partial charge on any atom is -0.467 e. The smallest absolute Gasteiger partial charge is 0.328 e. The predicted octanol–water partition coefficient (Wildman–Crippen LogP) is 4.26. The molecule has 1 aromatic carbocycles. The number of aliphatic hydroxyl groups is 3. The van der Waals surface area contributed by atoms with E-state index in [1.54, 1.807) is 0 Å². The van der Waals surface area contributed by atoms with Crippen LogP contribution in [-0.2, 0) is 20.7 Å². The van der Waals surface area contributed by atoms with Crippen molar-refractivity contribution in [3.8, 4) is 0 Å². The van der Waals surface area contributed by atoms with Gasteiger partial charge in [-0.1, -0.05) is 51.1 Å². The van der Waals surface area contributed by atoms with E-state index in [-0.39, 0.29) is 58.5 Å². The topological polar surface area (TPSA) is 116 Å². The number of rotatable bonds is 8. The third-order valence-electron chi connectivity index (χ3n) is 12.5. The highest BCUT2D eigenvalue weighted by atomic mass is 16.5. The lowest BCUT2D eigenvalue weighted by Gasteiger charge is -2.63. The zero-order valence-corrected chi connectivity index (χ0v) is 25.3. The molecule has 12 unspecified atom stereocenters. The molecule has 4 aliphatic carbocycles. The summed E-state index contributed by atoms with van der Waals surface area (Å²) in [5, 5.41) is 36.5. The minimum atomic E-state index is -0.727. The number of methoxy groups -OCH3 is 1. The lowest BCUT2D eigenvalue weighted by molar-refractivity contribution is -0.207. The van der Waals surface area contributed by atoms with Gasteiger partial charge in [0, 0.05) is 12.8 Å². The van der Waals surface area contributed by atoms with Crippen LogP contribution in [0.4, 0.5) is 0 Å². The van der Waals surface area contributed by atoms with Crippen molar-refractivity contribution in [1.82, 2.24) is 5.32 Å². The largest absolute Gasteiger partial charge is 0.467 e. The molecule has 7 nitrogen and oxygen atoms in total. The summed E-state index contributed by atoms with van der Waals surface area (Å²) >= 11 is 0. The van der Waals surface area contributed by atoms with Crippen LogP contribution < -0.4 is 5.32 Å². The van der Waals surface area contributed by atoms with Crippen LogP contribution in [0.3, 0.4) is 0 Å². The zero-order chi connectivity index (χ0) is 29.5. The first-order valence-corrected chi connectivity index (χ1v) is 15.9. The third-order valence-corrected chi connectivity index (χ3v) is 12.5. The van der Waals surface area contributed by atoms with Gasteiger partial charge in [0.2, 0.25) is 5.91 Å². The average molecular weight is 570 g/mol. The maximum Gasteiger partial charge on any atom is 0.328 e. The Morgan fingerprint density at radius 3 is 2.46 bits per heavy atom. The Kier molecular flexibility index (Phi) is 8.90. The van der Waals surface area contributed by atoms with Crippen LogP contribution in [0.1, 0.15) is 84.1 Å². The molecule has 0 bridgehead atoms. The molecule has 0 aliphatic heterocycles. The Balaban J connectivity index is 1.24. The third kappa shape index (κ3) is 5.59. The molecule has 228 valence electrons. The molecule has 4 aliphatic rings. The Bertz CT molecular complexity index is 1080. The van der Waals surface area contributed by atoms with E-state index >= 15 is 0 Å². The number of hydrogen-bond acceptors (Lipinski definition) is 6. The fourth-order valence-corrected chi connectivity index (χ4v) is 10.1. The SMILES string of the molecule is COC(=O)C(Cc1ccccc1)NC(=O)CCC(C)C1CCC2C3C(O)CC4CC(O)CCC4(C)C3CC(O)C12C. The van der Waals surface area contributed by atoms with Crippen LogP contribution in [0.5, 0.6) is 0 Å². The minimum absolute atomic E-state index is 0.0587. The lowest BCUT2D eigenvalue weighted by atomic mass is 9.43. The molecule has 0 saturated heterocycles. The van der Waals surface area contributed by atoms with E-state index in [0.717, 1.165) is 44.1 Å². The van der Waals surface area contributed by atoms with E-state index in [1.165, 1.54) is 7.11 Å². The maximum atomic E-state index is 13.0. The highest BCUT2D eigenvalue weighted by Crippen LogP contribution is 2.68. The Hall–Kier alpha value is -1.96. The van der Waals surface area contributed by atoms with Crippen molar-refractivity contribution in [2.75, 3.05) is 7.11 Å². The van der Waals surface area contributed by atoms with Crippen molar-refractivity contribution in [3.63, 3.8) is 0 Å². The van der Waals surface area contributed by atoms with Crippen molar-refractivity contribution in [3.05, 3.63) is 35.9 Å². The van der Waals surface area contributed by atoms with Gasteiger partial charge in [-0.3, -0.25) is 4.79 Å². The number of nitrogens with one attached hydrogen (secondary N) is 1. The second-order valence-corrected chi connectivity index (χ2v) is 14.4. The molecule has 12 atom stereocenters. The zero-order valence-electron chi connectivity index (χ0n) is 25.3. The molecule has 0 spiro atoms. The Labute approximate surface area is 245 Å². The molecule has 1 amide bonds. The summed E-state index contributed by atoms with van der Waals surface area (Å²) in [4.78, 5) is 25.4. The summed E-state index contributed by atoms with van der Waals surface area (Å²) in [6.45, 7) is 6.80. The van der Waals surface area contributed by atoms with Crippen LogP contribution in [0, 0.1) is 46.3 Å². The molecule has 7 heteroatoms. The van der Waals surface area contributed by atoms with Gasteiger partial charge >= 0.3 is 5.97 Å². The maximum absolute atomic E-state index is 13.0. The second kappa shape index (κ2) is 12.0. The van der Waals surface area contributed by atoms with Gasteiger partial charge in [0.1, 0.15) is 6.04 Å². The van der Waals surface area contributed by atoms with Crippen molar-refractivity contribution in [2.45, 2.75) is 109 Å². The number of amides is 1. The Morgan fingerprint density at radius 1 is 1.02 bits per heavy atom. The van der Waals surface area contributed by atoms with Gasteiger partial charge in [-0.2, -0.15) is 0 Å². The highest BCUT2D eigenvalue weighted by molar-refractivity contribution is 5.84. The van der Waals surface area contributed by atoms with E-state index in [9.17, 15) is 24.9 Å². The molecule has 0 heterocycles. The van der Waals surface area contributed by atoms with Crippen molar-refractivity contribution < 1.29 is 29.6 Å². The van der Waals surface area contributed by atoms with Gasteiger partial charge in [-0.15, -0.1) is 0 Å². The van der Waals surface area contributed by atoms with Gasteiger partial charge in [-0.05, 0) is 103 Å². The van der Waals surface area contributed by atoms with E-state index in [1.807, 2.05) is 30.3 Å². The summed E-state index contributed by atoms with van der Waals surface area (Å²) in [6, 6.07) is 8.88. The quantitative estimate of drug-likeness (QED) is 0.348. The monoisotopic (exact) mass is 569 g/mol. The molecular formula is C34H51NO6. The summed E-state index contributed by atoms with van der Waals surface area (Å²) < 4.78 is 4.96. The van der Waals surface area contributed by atoms with Crippen molar-refractivity contribution >= 4 is 11.9 Å². The van der Waals surface area contributed by atoms with Gasteiger partial charge in [0.05, 0.1) is 25.4 Å². The van der Waals surface area contributed by atoms with Crippen LogP contribution in [-0.4, -0.2) is 58.7 Å². The molecule has 4 N–H and O–H groups in total. The van der Waals surface area contributed by atoms with Gasteiger partial charge in [-0.25, -0.2) is 4.79 Å². The molecule has 4 saturated carbocycles. The summed E-state index contributed by atoms with van der Waals surface area (Å²) in [6.07, 6.45) is 6.27. The first-order valence-electron chi connectivity index (χ1n) is 15.9. The van der Waals surface area contributed by atoms with Crippen LogP contribution in [0.15, 0.2) is 30.3 Å². The summed E-state index contributed by atoms with van der Waals surface area (Å²) in [5.74, 6) is 0.903. The first kappa shape index (κ1) is 30.5. The molecule has 0 aromatic heterocycles. The second-order valence-electron chi connectivity index (χ2n) is 14.4. The van der Waals surface area contributed by atoms with Gasteiger partial charge in [0.15, 0.2) is 0 Å². The standard InChI is InChI=1S/C34H51NO6/c1-20(10-13-30(39)35-27(32(40)41-4)16-21-8-6-5-7-9-21)24-11-12-25-31-26(19-29(38)34(24,25)3)33(2)15-14-23(36)17-22(33)18-28(31)37/h5-9,20,22-29,31,36-38H,10-19H2,1-4H3,(H,35,39). The van der Waals surface area contributed by atoms with E-state index < -0.39 is 18.1 Å². The number of benzene rings is 1. The molecule has 1 aromatic rings. The van der Waals surface area contributed by atoms with Gasteiger partial charge in [0.25, 0.3) is 0 Å². The summed E-state index contributed by atoms with van der Waals surface area (Å²) in [5.41, 5.74) is 0.723. The van der Waals surface area contributed by atoms with E-state index in [0.29, 0.717) is 31.6 Å². The van der Waals surface area contributed by atoms with E-state index in [2.05, 4.69) is 26.1 Å². The Morgan fingerprint density at radius 2 is 1.76 bits per heavy atom. The predicted molar refractivity (Wildman–Crippen MR) is 156 cm³/mol. The molecule has 5 rings (SSSR count). The molecule has 41 heavy (non-hydrogen) atoms. The lowest BCUT2D eigenvalue weighted by Crippen LogP contribution is -2.62. The fourth-order valence-electron chi connectivity index (χ4n) is 10.1. The number of carbonyl (C=O) groups is 2. The molecule has 4 fully saturated rings. The summed E-state index contributed by atoms with van der Waals surface area (Å²) in [7, 11) is 1.34. The van der Waals surface area contributed by atoms with Crippen LogP contribution >= 0.6 is 0 Å². The fraction of sp³-hybridized carbons (Fsp3) is 0.765. The van der Waals surface area contributed by atoms with E-state index in [4.69, 9.17) is 4.74 Å². The number of aliphatic hydroxyl groups excluding tert-OH is 3. The average Bonchev–Trinajstić information content (AvgIpc) is 3.31. The van der Waals surface area contributed by atoms with Crippen molar-refractivity contribution in [1.29, 1.82) is 0 Å². The van der Waals surface area contributed by atoms with Crippen molar-refractivity contribution in [2.24, 2.45) is 46.3 Å². The molecule has 0 radical (unpaired) electrons. The number of hydrogen-bond donors (Lipinski definition) is 4. The van der Waals surface area contributed by atoms with Crippen LogP contribution in [0.25, 0.3) is 0 Å². The number of esters is 1. The number of carbonyl (C=O) groups excluding carboxylic acids is 2.